The number of carbonyl (C=O) groups is 1. The highest BCUT2D eigenvalue weighted by Gasteiger charge is 2.07. The zero-order valence-corrected chi connectivity index (χ0v) is 8.43. The summed E-state index contributed by atoms with van der Waals surface area (Å²) >= 11 is 1.44. The van der Waals surface area contributed by atoms with Crippen LogP contribution < -0.4 is 0 Å². The summed E-state index contributed by atoms with van der Waals surface area (Å²) in [5.41, 5.74) is 0.177. The Morgan fingerprint density at radius 2 is 2.38 bits per heavy atom. The summed E-state index contributed by atoms with van der Waals surface area (Å²) in [6.07, 6.45) is 4.37. The number of unbranched alkanes of at least 4 members (excludes halogenated alkanes) is 2. The van der Waals surface area contributed by atoms with Crippen LogP contribution in [0.3, 0.4) is 0 Å². The number of aromatic nitrogens is 1. The van der Waals surface area contributed by atoms with Crippen LogP contribution in [0, 0.1) is 0 Å². The van der Waals surface area contributed by atoms with E-state index < -0.39 is 5.97 Å². The predicted octanol–water partition coefficient (Wildman–Crippen LogP) is 2.57. The molecule has 0 aliphatic carbocycles. The number of thiazole rings is 1. The van der Waals surface area contributed by atoms with E-state index in [0.29, 0.717) is 0 Å². The van der Waals surface area contributed by atoms with Gasteiger partial charge in [-0.05, 0) is 12.8 Å². The van der Waals surface area contributed by atoms with Crippen LogP contribution in [0.15, 0.2) is 5.38 Å². The average Bonchev–Trinajstić information content (AvgIpc) is 2.53. The maximum atomic E-state index is 10.5. The summed E-state index contributed by atoms with van der Waals surface area (Å²) in [6, 6.07) is 0. The highest BCUT2D eigenvalue weighted by Crippen LogP contribution is 2.12. The van der Waals surface area contributed by atoms with E-state index in [9.17, 15) is 4.79 Å². The van der Waals surface area contributed by atoms with Gasteiger partial charge in [-0.1, -0.05) is 19.8 Å². The smallest absolute Gasteiger partial charge is 0.355 e. The molecule has 1 N–H and O–H groups in total. The third-order valence-electron chi connectivity index (χ3n) is 1.77. The molecule has 0 aromatic carbocycles. The Hall–Kier alpha value is -0.900. The van der Waals surface area contributed by atoms with E-state index in [1.54, 1.807) is 5.38 Å². The number of aromatic carboxylic acids is 1. The second-order valence-electron chi connectivity index (χ2n) is 2.89. The summed E-state index contributed by atoms with van der Waals surface area (Å²) in [7, 11) is 0. The topological polar surface area (TPSA) is 50.2 Å². The van der Waals surface area contributed by atoms with Crippen LogP contribution in [0.25, 0.3) is 0 Å². The molecule has 0 aliphatic rings. The number of hydrogen-bond acceptors (Lipinski definition) is 3. The van der Waals surface area contributed by atoms with Crippen molar-refractivity contribution in [3.63, 3.8) is 0 Å². The lowest BCUT2D eigenvalue weighted by molar-refractivity contribution is 0.0691. The molecule has 0 fully saturated rings. The van der Waals surface area contributed by atoms with Crippen LogP contribution in [0.1, 0.15) is 41.7 Å². The maximum Gasteiger partial charge on any atom is 0.355 e. The maximum absolute atomic E-state index is 10.5. The Labute approximate surface area is 81.4 Å². The van der Waals surface area contributed by atoms with Crippen molar-refractivity contribution in [2.45, 2.75) is 32.6 Å². The number of carboxylic acid groups (broad SMARTS) is 1. The number of hydrogen-bond donors (Lipinski definition) is 1. The van der Waals surface area contributed by atoms with Gasteiger partial charge in [-0.25, -0.2) is 9.78 Å². The highest BCUT2D eigenvalue weighted by atomic mass is 32.1. The molecule has 3 nitrogen and oxygen atoms in total. The van der Waals surface area contributed by atoms with Gasteiger partial charge in [-0.2, -0.15) is 0 Å². The monoisotopic (exact) mass is 199 g/mol. The Morgan fingerprint density at radius 3 is 2.92 bits per heavy atom. The van der Waals surface area contributed by atoms with E-state index >= 15 is 0 Å². The number of carboxylic acids is 1. The summed E-state index contributed by atoms with van der Waals surface area (Å²) in [4.78, 5) is 14.5. The summed E-state index contributed by atoms with van der Waals surface area (Å²) in [5.74, 6) is -0.932. The molecule has 72 valence electrons. The lowest BCUT2D eigenvalue weighted by atomic mass is 10.2. The molecule has 1 rings (SSSR count). The number of nitrogens with zero attached hydrogens (tertiary/aromatic N) is 1. The lowest BCUT2D eigenvalue weighted by Gasteiger charge is -1.93. The molecule has 13 heavy (non-hydrogen) atoms. The largest absolute Gasteiger partial charge is 0.476 e. The van der Waals surface area contributed by atoms with Gasteiger partial charge in [0.15, 0.2) is 5.69 Å². The van der Waals surface area contributed by atoms with Crippen LogP contribution in [-0.4, -0.2) is 16.1 Å². The third-order valence-corrected chi connectivity index (χ3v) is 2.67. The average molecular weight is 199 g/mol. The summed E-state index contributed by atoms with van der Waals surface area (Å²) in [6.45, 7) is 2.14. The fraction of sp³-hybridized carbons (Fsp3) is 0.556. The van der Waals surface area contributed by atoms with Gasteiger partial charge in [0.1, 0.15) is 0 Å². The molecule has 0 saturated carbocycles. The molecule has 0 spiro atoms. The van der Waals surface area contributed by atoms with Gasteiger partial charge in [0, 0.05) is 5.38 Å². The Bertz CT molecular complexity index is 283. The van der Waals surface area contributed by atoms with Crippen molar-refractivity contribution in [3.05, 3.63) is 16.1 Å². The summed E-state index contributed by atoms with van der Waals surface area (Å²) < 4.78 is 0. The van der Waals surface area contributed by atoms with Crippen LogP contribution in [-0.2, 0) is 6.42 Å². The molecule has 0 aliphatic heterocycles. The minimum Gasteiger partial charge on any atom is -0.476 e. The number of rotatable bonds is 5. The van der Waals surface area contributed by atoms with E-state index in [1.807, 2.05) is 0 Å². The van der Waals surface area contributed by atoms with E-state index in [-0.39, 0.29) is 5.69 Å². The van der Waals surface area contributed by atoms with Crippen LogP contribution in [0.5, 0.6) is 0 Å². The van der Waals surface area contributed by atoms with Gasteiger partial charge in [-0.15, -0.1) is 11.3 Å². The van der Waals surface area contributed by atoms with E-state index in [2.05, 4.69) is 11.9 Å². The van der Waals surface area contributed by atoms with Crippen molar-refractivity contribution in [3.8, 4) is 0 Å². The van der Waals surface area contributed by atoms with Crippen molar-refractivity contribution >= 4 is 17.3 Å². The van der Waals surface area contributed by atoms with Crippen LogP contribution >= 0.6 is 11.3 Å². The molecular formula is C9H13NO2S. The minimum absolute atomic E-state index is 0.177. The molecular weight excluding hydrogens is 186 g/mol. The Kier molecular flexibility index (Phi) is 3.89. The third kappa shape index (κ3) is 3.14. The molecule has 0 atom stereocenters. The Balaban J connectivity index is 2.44. The molecule has 0 radical (unpaired) electrons. The lowest BCUT2D eigenvalue weighted by Crippen LogP contribution is -1.96. The van der Waals surface area contributed by atoms with Crippen molar-refractivity contribution in [1.29, 1.82) is 0 Å². The standard InChI is InChI=1S/C9H13NO2S/c1-2-3-4-5-8-10-7(6-13-8)9(11)12/h6H,2-5H2,1H3,(H,11,12). The SMILES string of the molecule is CCCCCc1nc(C(=O)O)cs1. The van der Waals surface area contributed by atoms with Gasteiger partial charge in [0.2, 0.25) is 0 Å². The van der Waals surface area contributed by atoms with Gasteiger partial charge in [-0.3, -0.25) is 0 Å². The molecule has 0 amide bonds. The number of aryl methyl sites for hydroxylation is 1. The first-order valence-corrected chi connectivity index (χ1v) is 5.29. The predicted molar refractivity (Wildman–Crippen MR) is 52.3 cm³/mol. The normalized spacial score (nSPS) is 10.2. The molecule has 0 saturated heterocycles. The van der Waals surface area contributed by atoms with Crippen LogP contribution in [0.4, 0.5) is 0 Å². The quantitative estimate of drug-likeness (QED) is 0.741. The zero-order chi connectivity index (χ0) is 9.68. The summed E-state index contributed by atoms with van der Waals surface area (Å²) in [5, 5.41) is 11.2. The first-order chi connectivity index (χ1) is 6.24. The molecule has 0 bridgehead atoms. The fourth-order valence-corrected chi connectivity index (χ4v) is 1.86. The van der Waals surface area contributed by atoms with Crippen molar-refractivity contribution in [1.82, 2.24) is 4.98 Å². The van der Waals surface area contributed by atoms with Crippen LogP contribution in [0.2, 0.25) is 0 Å². The molecule has 4 heteroatoms. The van der Waals surface area contributed by atoms with Gasteiger partial charge < -0.3 is 5.11 Å². The highest BCUT2D eigenvalue weighted by molar-refractivity contribution is 7.09. The zero-order valence-electron chi connectivity index (χ0n) is 7.62. The van der Waals surface area contributed by atoms with Gasteiger partial charge in [0.25, 0.3) is 0 Å². The molecule has 1 heterocycles. The second-order valence-corrected chi connectivity index (χ2v) is 3.83. The molecule has 1 aromatic heterocycles. The van der Waals surface area contributed by atoms with Crippen molar-refractivity contribution in [2.24, 2.45) is 0 Å². The van der Waals surface area contributed by atoms with Gasteiger partial charge in [0.05, 0.1) is 5.01 Å². The first kappa shape index (κ1) is 10.2. The Morgan fingerprint density at radius 1 is 1.62 bits per heavy atom. The van der Waals surface area contributed by atoms with Gasteiger partial charge >= 0.3 is 5.97 Å². The first-order valence-electron chi connectivity index (χ1n) is 4.41. The van der Waals surface area contributed by atoms with E-state index in [4.69, 9.17) is 5.11 Å². The van der Waals surface area contributed by atoms with Crippen molar-refractivity contribution < 1.29 is 9.90 Å². The second kappa shape index (κ2) is 4.97. The minimum atomic E-state index is -0.932. The molecule has 1 aromatic rings. The van der Waals surface area contributed by atoms with E-state index in [1.165, 1.54) is 24.2 Å². The van der Waals surface area contributed by atoms with E-state index in [0.717, 1.165) is 17.8 Å². The molecule has 0 unspecified atom stereocenters. The van der Waals surface area contributed by atoms with Crippen molar-refractivity contribution in [2.75, 3.05) is 0 Å². The fourth-order valence-electron chi connectivity index (χ4n) is 1.05.